The topological polar surface area (TPSA) is 91.2 Å². The van der Waals surface area contributed by atoms with Gasteiger partial charge in [0.05, 0.1) is 18.1 Å². The second kappa shape index (κ2) is 10.5. The summed E-state index contributed by atoms with van der Waals surface area (Å²) < 4.78 is 13.2. The molecule has 8 nitrogen and oxygen atoms in total. The average molecular weight is 482 g/mol. The number of aromatic nitrogens is 4. The number of rotatable bonds is 9. The molecule has 0 fully saturated rings. The van der Waals surface area contributed by atoms with E-state index in [0.717, 1.165) is 11.4 Å². The molecule has 0 radical (unpaired) electrons. The van der Waals surface area contributed by atoms with Crippen LogP contribution in [0.25, 0.3) is 5.69 Å². The molecule has 2 aromatic carbocycles. The van der Waals surface area contributed by atoms with E-state index in [2.05, 4.69) is 20.5 Å². The third kappa shape index (κ3) is 5.52. The molecule has 2 heterocycles. The molecule has 0 aliphatic carbocycles. The van der Waals surface area contributed by atoms with Crippen LogP contribution < -0.4 is 14.8 Å². The summed E-state index contributed by atoms with van der Waals surface area (Å²) in [6.07, 6.45) is 0. The predicted molar refractivity (Wildman–Crippen MR) is 129 cm³/mol. The van der Waals surface area contributed by atoms with Crippen molar-refractivity contribution in [2.24, 2.45) is 0 Å². The molecular formula is C23H23N5O3S2. The summed E-state index contributed by atoms with van der Waals surface area (Å²) in [6, 6.07) is 17.2. The van der Waals surface area contributed by atoms with Gasteiger partial charge in [0.25, 0.3) is 0 Å². The normalized spacial score (nSPS) is 11.7. The highest BCUT2D eigenvalue weighted by atomic mass is 32.2. The Bertz CT molecular complexity index is 1230. The predicted octanol–water partition coefficient (Wildman–Crippen LogP) is 4.74. The van der Waals surface area contributed by atoms with Gasteiger partial charge in [-0.3, -0.25) is 9.36 Å². The molecule has 170 valence electrons. The van der Waals surface area contributed by atoms with Gasteiger partial charge < -0.3 is 14.8 Å². The maximum atomic E-state index is 12.7. The monoisotopic (exact) mass is 481 g/mol. The zero-order valence-electron chi connectivity index (χ0n) is 18.4. The number of hydrogen-bond donors (Lipinski definition) is 1. The standard InChI is InChI=1S/C23H23N5O3S2/c1-15-14-32-22(24-15)25-21(29)16(2)33-23-27-26-20(28(23)17-9-5-4-6-10-17)13-31-19-12-8-7-11-18(19)30-3/h4-12,14,16H,13H2,1-3H3,(H,24,25,29)/t16-/m0/s1. The Hall–Kier alpha value is -3.37. The number of thiazole rings is 1. The third-order valence-electron chi connectivity index (χ3n) is 4.64. The molecule has 1 amide bonds. The molecule has 0 bridgehead atoms. The van der Waals surface area contributed by atoms with Crippen molar-refractivity contribution >= 4 is 34.1 Å². The lowest BCUT2D eigenvalue weighted by molar-refractivity contribution is -0.115. The number of anilines is 1. The number of thioether (sulfide) groups is 1. The van der Waals surface area contributed by atoms with Crippen molar-refractivity contribution in [2.45, 2.75) is 30.9 Å². The van der Waals surface area contributed by atoms with Crippen molar-refractivity contribution < 1.29 is 14.3 Å². The van der Waals surface area contributed by atoms with Crippen molar-refractivity contribution in [1.82, 2.24) is 19.7 Å². The van der Waals surface area contributed by atoms with Crippen LogP contribution in [0.2, 0.25) is 0 Å². The van der Waals surface area contributed by atoms with Gasteiger partial charge in [-0.25, -0.2) is 4.98 Å². The van der Waals surface area contributed by atoms with Crippen LogP contribution in [0.5, 0.6) is 11.5 Å². The lowest BCUT2D eigenvalue weighted by Gasteiger charge is -2.14. The smallest absolute Gasteiger partial charge is 0.239 e. The fourth-order valence-corrected chi connectivity index (χ4v) is 4.59. The lowest BCUT2D eigenvalue weighted by Crippen LogP contribution is -2.23. The highest BCUT2D eigenvalue weighted by Crippen LogP contribution is 2.29. The highest BCUT2D eigenvalue weighted by molar-refractivity contribution is 8.00. The molecular weight excluding hydrogens is 458 g/mol. The number of benzene rings is 2. The number of aryl methyl sites for hydroxylation is 1. The van der Waals surface area contributed by atoms with Crippen molar-refractivity contribution in [2.75, 3.05) is 12.4 Å². The molecule has 4 aromatic rings. The van der Waals surface area contributed by atoms with E-state index < -0.39 is 5.25 Å². The fourth-order valence-electron chi connectivity index (χ4n) is 3.02. The van der Waals surface area contributed by atoms with Crippen LogP contribution in [0.4, 0.5) is 5.13 Å². The minimum absolute atomic E-state index is 0.149. The summed E-state index contributed by atoms with van der Waals surface area (Å²) in [5, 5.41) is 14.2. The average Bonchev–Trinajstić information content (AvgIpc) is 3.43. The van der Waals surface area contributed by atoms with Gasteiger partial charge in [0.15, 0.2) is 27.6 Å². The molecule has 4 rings (SSSR count). The summed E-state index contributed by atoms with van der Waals surface area (Å²) in [5.41, 5.74) is 1.76. The van der Waals surface area contributed by atoms with E-state index in [1.54, 1.807) is 7.11 Å². The van der Waals surface area contributed by atoms with Crippen LogP contribution in [0.3, 0.4) is 0 Å². The first-order valence-electron chi connectivity index (χ1n) is 10.2. The molecule has 33 heavy (non-hydrogen) atoms. The van der Waals surface area contributed by atoms with Gasteiger partial charge in [-0.05, 0) is 38.1 Å². The molecule has 10 heteroatoms. The number of ether oxygens (including phenoxy) is 2. The van der Waals surface area contributed by atoms with Gasteiger partial charge in [0.2, 0.25) is 5.91 Å². The molecule has 0 aliphatic heterocycles. The summed E-state index contributed by atoms with van der Waals surface area (Å²) in [4.78, 5) is 17.0. The number of nitrogens with zero attached hydrogens (tertiary/aromatic N) is 4. The number of nitrogens with one attached hydrogen (secondary N) is 1. The molecule has 0 spiro atoms. The second-order valence-electron chi connectivity index (χ2n) is 7.05. The maximum absolute atomic E-state index is 12.7. The second-order valence-corrected chi connectivity index (χ2v) is 9.22. The number of methoxy groups -OCH3 is 1. The van der Waals surface area contributed by atoms with Gasteiger partial charge in [-0.15, -0.1) is 21.5 Å². The van der Waals surface area contributed by atoms with E-state index in [1.807, 2.05) is 78.4 Å². The van der Waals surface area contributed by atoms with Gasteiger partial charge in [0.1, 0.15) is 6.61 Å². The third-order valence-corrected chi connectivity index (χ3v) is 6.56. The molecule has 0 saturated heterocycles. The maximum Gasteiger partial charge on any atom is 0.239 e. The molecule has 2 aromatic heterocycles. The molecule has 0 unspecified atom stereocenters. The van der Waals surface area contributed by atoms with E-state index in [0.29, 0.717) is 27.6 Å². The molecule has 1 N–H and O–H groups in total. The van der Waals surface area contributed by atoms with Crippen LogP contribution in [-0.2, 0) is 11.4 Å². The number of hydrogen-bond acceptors (Lipinski definition) is 8. The summed E-state index contributed by atoms with van der Waals surface area (Å²) in [5.74, 6) is 1.71. The van der Waals surface area contributed by atoms with E-state index >= 15 is 0 Å². The van der Waals surface area contributed by atoms with Crippen molar-refractivity contribution in [1.29, 1.82) is 0 Å². The van der Waals surface area contributed by atoms with Crippen LogP contribution in [0, 0.1) is 6.92 Å². The Kier molecular flexibility index (Phi) is 7.26. The summed E-state index contributed by atoms with van der Waals surface area (Å²) in [7, 11) is 1.60. The fraction of sp³-hybridized carbons (Fsp3) is 0.217. The first-order valence-corrected chi connectivity index (χ1v) is 12.0. The van der Waals surface area contributed by atoms with Crippen molar-refractivity contribution in [3.05, 3.63) is 71.5 Å². The molecule has 0 aliphatic rings. The zero-order valence-corrected chi connectivity index (χ0v) is 20.0. The number of para-hydroxylation sites is 3. The highest BCUT2D eigenvalue weighted by Gasteiger charge is 2.22. The van der Waals surface area contributed by atoms with Crippen LogP contribution in [0.1, 0.15) is 18.4 Å². The Labute approximate surface area is 200 Å². The first kappa shape index (κ1) is 22.8. The quantitative estimate of drug-likeness (QED) is 0.345. The lowest BCUT2D eigenvalue weighted by atomic mass is 10.3. The summed E-state index contributed by atoms with van der Waals surface area (Å²) >= 11 is 2.72. The first-order chi connectivity index (χ1) is 16.0. The molecule has 1 atom stereocenters. The largest absolute Gasteiger partial charge is 0.493 e. The minimum atomic E-state index is -0.413. The van der Waals surface area contributed by atoms with Gasteiger partial charge in [0, 0.05) is 11.1 Å². The zero-order chi connectivity index (χ0) is 23.2. The van der Waals surface area contributed by atoms with E-state index in [-0.39, 0.29) is 12.5 Å². The Morgan fingerprint density at radius 3 is 2.55 bits per heavy atom. The summed E-state index contributed by atoms with van der Waals surface area (Å²) in [6.45, 7) is 3.90. The minimum Gasteiger partial charge on any atom is -0.493 e. The number of amides is 1. The number of carbonyl (C=O) groups is 1. The van der Waals surface area contributed by atoms with Crippen molar-refractivity contribution in [3.8, 4) is 17.2 Å². The Morgan fingerprint density at radius 2 is 1.85 bits per heavy atom. The van der Waals surface area contributed by atoms with Gasteiger partial charge in [-0.2, -0.15) is 0 Å². The molecule has 0 saturated carbocycles. The van der Waals surface area contributed by atoms with Crippen LogP contribution in [0.15, 0.2) is 65.1 Å². The van der Waals surface area contributed by atoms with Crippen molar-refractivity contribution in [3.63, 3.8) is 0 Å². The Balaban J connectivity index is 1.55. The van der Waals surface area contributed by atoms with Crippen LogP contribution >= 0.6 is 23.1 Å². The van der Waals surface area contributed by atoms with E-state index in [9.17, 15) is 4.79 Å². The number of carbonyl (C=O) groups excluding carboxylic acids is 1. The Morgan fingerprint density at radius 1 is 1.12 bits per heavy atom. The van der Waals surface area contributed by atoms with E-state index in [4.69, 9.17) is 9.47 Å². The van der Waals surface area contributed by atoms with Crippen LogP contribution in [-0.4, -0.2) is 38.0 Å². The van der Waals surface area contributed by atoms with Gasteiger partial charge >= 0.3 is 0 Å². The van der Waals surface area contributed by atoms with Gasteiger partial charge in [-0.1, -0.05) is 42.1 Å². The SMILES string of the molecule is COc1ccccc1OCc1nnc(S[C@@H](C)C(=O)Nc2nc(C)cs2)n1-c1ccccc1. The van der Waals surface area contributed by atoms with E-state index in [1.165, 1.54) is 23.1 Å².